The molecule has 0 aliphatic rings. The summed E-state index contributed by atoms with van der Waals surface area (Å²) in [5.41, 5.74) is 0.212. The quantitative estimate of drug-likeness (QED) is 0.0292. The molecule has 0 fully saturated rings. The molecule has 4 N–H and O–H groups in total. The van der Waals surface area contributed by atoms with Gasteiger partial charge in [0.1, 0.15) is 38.4 Å². The van der Waals surface area contributed by atoms with Gasteiger partial charge in [0.15, 0.2) is 5.75 Å². The van der Waals surface area contributed by atoms with Crippen molar-refractivity contribution in [2.45, 2.75) is 23.6 Å². The molecule has 8 rings (SSSR count). The number of halogens is 2. The Morgan fingerprint density at radius 2 is 1.07 bits per heavy atom. The number of benzene rings is 8. The number of aromatic hydroxyl groups is 1. The minimum atomic E-state index is -4.66. The van der Waals surface area contributed by atoms with Gasteiger partial charge in [0.2, 0.25) is 0 Å². The van der Waals surface area contributed by atoms with E-state index < -0.39 is 53.3 Å². The molecule has 1 amide bonds. The Kier molecular flexibility index (Phi) is 18.1. The molecule has 368 valence electrons. The summed E-state index contributed by atoms with van der Waals surface area (Å²) in [6.07, 6.45) is 0. The fourth-order valence-corrected chi connectivity index (χ4v) is 8.74. The number of anilines is 1. The van der Waals surface area contributed by atoms with E-state index in [1.54, 1.807) is 97.1 Å². The molecule has 8 aromatic carbocycles. The van der Waals surface area contributed by atoms with E-state index in [0.29, 0.717) is 44.4 Å². The fraction of sp³-hybridized carbons (Fsp3) is 0.0800. The Labute approximate surface area is 468 Å². The molecular weight excluding hydrogens is 1150 g/mol. The Balaban J connectivity index is 0.000000235. The minimum Gasteiger partial charge on any atom is -0.871 e. The second-order valence-electron chi connectivity index (χ2n) is 15.4. The van der Waals surface area contributed by atoms with Crippen molar-refractivity contribution in [1.29, 1.82) is 0 Å². The van der Waals surface area contributed by atoms with E-state index in [4.69, 9.17) is 32.7 Å². The molecule has 0 saturated heterocycles. The molecule has 0 aromatic heterocycles. The van der Waals surface area contributed by atoms with E-state index in [2.05, 4.69) is 30.8 Å². The molecular formula is C50H38BaCl2N6O12S2. The third-order valence-electron chi connectivity index (χ3n) is 10.8. The Bertz CT molecular complexity index is 3790. The largest absolute Gasteiger partial charge is 2.00 e. The Morgan fingerprint density at radius 1 is 0.603 bits per heavy atom. The van der Waals surface area contributed by atoms with Crippen molar-refractivity contribution in [3.63, 3.8) is 0 Å². The molecule has 0 bridgehead atoms. The van der Waals surface area contributed by atoms with Crippen LogP contribution < -0.4 is 25.0 Å². The Hall–Kier alpha value is -6.41. The zero-order valence-electron chi connectivity index (χ0n) is 38.7. The number of phenols is 1. The van der Waals surface area contributed by atoms with Crippen molar-refractivity contribution < 1.29 is 55.5 Å². The molecule has 0 radical (unpaired) electrons. The number of nitrogens with one attached hydrogen (secondary N) is 1. The van der Waals surface area contributed by atoms with Crippen LogP contribution in [-0.4, -0.2) is 106 Å². The molecule has 0 heterocycles. The van der Waals surface area contributed by atoms with Crippen LogP contribution in [0.3, 0.4) is 0 Å². The van der Waals surface area contributed by atoms with Gasteiger partial charge >= 0.3 is 48.9 Å². The summed E-state index contributed by atoms with van der Waals surface area (Å²) < 4.78 is 77.0. The van der Waals surface area contributed by atoms with Crippen LogP contribution in [0.4, 0.5) is 34.1 Å². The summed E-state index contributed by atoms with van der Waals surface area (Å²) in [5, 5.41) is 58.5. The second-order valence-corrected chi connectivity index (χ2v) is 19.0. The van der Waals surface area contributed by atoms with Crippen LogP contribution in [0.5, 0.6) is 23.0 Å². The number of azo groups is 2. The summed E-state index contributed by atoms with van der Waals surface area (Å²) in [6.45, 7) is 3.01. The maximum Gasteiger partial charge on any atom is 2.00 e. The van der Waals surface area contributed by atoms with E-state index in [1.807, 2.05) is 0 Å². The number of fused-ring (bicyclic) bond motifs is 2. The number of ether oxygens (including phenoxy) is 2. The van der Waals surface area contributed by atoms with E-state index >= 15 is 0 Å². The van der Waals surface area contributed by atoms with Crippen molar-refractivity contribution >= 4 is 160 Å². The zero-order chi connectivity index (χ0) is 52.1. The first kappa shape index (κ1) is 55.9. The summed E-state index contributed by atoms with van der Waals surface area (Å²) in [6, 6.07) is 34.5. The maximum atomic E-state index is 13.3. The fourth-order valence-electron chi connectivity index (χ4n) is 7.08. The first-order valence-corrected chi connectivity index (χ1v) is 24.5. The molecule has 18 nitrogen and oxygen atoms in total. The van der Waals surface area contributed by atoms with Gasteiger partial charge in [-0.15, -0.1) is 15.3 Å². The first-order valence-electron chi connectivity index (χ1n) is 20.9. The molecule has 23 heteroatoms. The van der Waals surface area contributed by atoms with Crippen LogP contribution in [-0.2, 0) is 20.2 Å². The van der Waals surface area contributed by atoms with Crippen LogP contribution in [0.2, 0.25) is 10.0 Å². The molecule has 0 saturated carbocycles. The predicted molar refractivity (Wildman–Crippen MR) is 275 cm³/mol. The van der Waals surface area contributed by atoms with Crippen LogP contribution in [0.25, 0.3) is 21.5 Å². The molecule has 0 aliphatic heterocycles. The number of hydrogen-bond donors (Lipinski definition) is 4. The predicted octanol–water partition coefficient (Wildman–Crippen LogP) is 11.0. The van der Waals surface area contributed by atoms with Crippen molar-refractivity contribution in [2.24, 2.45) is 25.4 Å². The van der Waals surface area contributed by atoms with Crippen LogP contribution >= 0.6 is 23.2 Å². The van der Waals surface area contributed by atoms with Crippen molar-refractivity contribution in [2.75, 3.05) is 19.5 Å². The number of rotatable bonds is 12. The zero-order valence-corrected chi connectivity index (χ0v) is 46.3. The van der Waals surface area contributed by atoms with Gasteiger partial charge in [0, 0.05) is 38.6 Å². The van der Waals surface area contributed by atoms with Gasteiger partial charge in [0.05, 0.1) is 31.2 Å². The summed E-state index contributed by atoms with van der Waals surface area (Å²) in [7, 11) is -6.32. The SMILES string of the molecule is COc1cccc(N=C([O-])c2cc3ccccc3c(N=Nc3c(S(=O)(=O)O)ccc(Cl)c3C)c2[O-])c1.COc1cccc(NC(=O)c2cc3ccccc3c(N=Nc3c(S(=O)(=O)O)ccc(Cl)c3C)c2O)c1.[Ba+2]. The third kappa shape index (κ3) is 12.9. The van der Waals surface area contributed by atoms with Gasteiger partial charge in [-0.05, 0) is 108 Å². The second kappa shape index (κ2) is 23.6. The number of methoxy groups -OCH3 is 2. The van der Waals surface area contributed by atoms with Crippen molar-refractivity contribution in [1.82, 2.24) is 0 Å². The number of carbonyl (C=O) groups is 1. The molecule has 8 aromatic rings. The van der Waals surface area contributed by atoms with Gasteiger partial charge in [-0.3, -0.25) is 18.9 Å². The summed E-state index contributed by atoms with van der Waals surface area (Å²) in [4.78, 5) is 16.1. The number of carbonyl (C=O) groups excluding carboxylic acids is 1. The van der Waals surface area contributed by atoms with Crippen LogP contribution in [0.1, 0.15) is 27.0 Å². The maximum absolute atomic E-state index is 13.3. The van der Waals surface area contributed by atoms with Crippen molar-refractivity contribution in [3.05, 3.63) is 166 Å². The van der Waals surface area contributed by atoms with Crippen LogP contribution in [0.15, 0.2) is 169 Å². The number of nitrogens with zero attached hydrogens (tertiary/aromatic N) is 5. The third-order valence-corrected chi connectivity index (χ3v) is 13.4. The van der Waals surface area contributed by atoms with Crippen molar-refractivity contribution in [3.8, 4) is 23.0 Å². The number of amides is 1. The summed E-state index contributed by atoms with van der Waals surface area (Å²) >= 11 is 12.2. The molecule has 0 unspecified atom stereocenters. The normalized spacial score (nSPS) is 11.9. The smallest absolute Gasteiger partial charge is 0.871 e. The van der Waals surface area contributed by atoms with E-state index in [0.717, 1.165) is 12.1 Å². The standard InChI is InChI=1S/2C25H20ClN3O6S.Ba/c2*1-14-20(26)10-11-21(36(32,33)34)22(14)28-29-23-18-9-4-3-6-15(18)12-19(24(23)30)25(31)27-16-7-5-8-17(13-16)35-2;/h2*3-13,30H,1-2H3,(H,27,31)(H,32,33,34);/q;;+2/p-2. The monoisotopic (exact) mass is 1190 g/mol. The Morgan fingerprint density at radius 3 is 1.60 bits per heavy atom. The average Bonchev–Trinajstić information content (AvgIpc) is 3.34. The van der Waals surface area contributed by atoms with E-state index in [-0.39, 0.29) is 104 Å². The van der Waals surface area contributed by atoms with Gasteiger partial charge in [-0.2, -0.15) is 21.9 Å². The number of aliphatic imine (C=N–C) groups is 1. The van der Waals surface area contributed by atoms with Gasteiger partial charge < -0.3 is 30.1 Å². The topological polar surface area (TPSA) is 284 Å². The summed E-state index contributed by atoms with van der Waals surface area (Å²) in [5.74, 6) is -1.59. The number of phenolic OH excluding ortho intramolecular Hbond substituents is 1. The van der Waals surface area contributed by atoms with E-state index in [9.17, 15) is 46.1 Å². The molecule has 0 spiro atoms. The van der Waals surface area contributed by atoms with E-state index in [1.165, 1.54) is 52.3 Å². The first-order chi connectivity index (χ1) is 34.2. The minimum absolute atomic E-state index is 0. The average molecular weight is 1190 g/mol. The van der Waals surface area contributed by atoms with Gasteiger partial charge in [-0.25, -0.2) is 0 Å². The van der Waals surface area contributed by atoms with Crippen LogP contribution in [0, 0.1) is 13.8 Å². The van der Waals surface area contributed by atoms with Gasteiger partial charge in [-0.1, -0.05) is 89.6 Å². The molecule has 0 atom stereocenters. The molecule has 0 aliphatic carbocycles. The number of hydrogen-bond acceptors (Lipinski definition) is 15. The molecule has 73 heavy (non-hydrogen) atoms. The van der Waals surface area contributed by atoms with Gasteiger partial charge in [0.25, 0.3) is 26.1 Å².